The number of sulfone groups is 1. The molecule has 16 nitrogen and oxygen atoms in total. The zero-order valence-corrected chi connectivity index (χ0v) is 33.0. The SMILES string of the molecule is C=CS(=O)(=O)CCCC(=O)CCCCCN(C)c1ccc(NNc2ccc(N=c3cc(S(=O)(=O)O)c(=N)c4c(=O)c5ccccc5c(=O)c3=4)c(S(=O)(=O)O)c2)cc1. The molecular weight excluding hydrogens is 799 g/mol. The molecule has 5 rings (SSSR count). The molecule has 0 spiro atoms. The first-order chi connectivity index (χ1) is 26.8. The van der Waals surface area contributed by atoms with Gasteiger partial charge in [-0.3, -0.25) is 28.9 Å². The number of rotatable bonds is 18. The van der Waals surface area contributed by atoms with Gasteiger partial charge >= 0.3 is 0 Å². The van der Waals surface area contributed by atoms with Crippen LogP contribution in [0.4, 0.5) is 22.7 Å². The van der Waals surface area contributed by atoms with Gasteiger partial charge in [-0.2, -0.15) is 16.8 Å². The van der Waals surface area contributed by atoms with Crippen molar-refractivity contribution in [3.05, 3.63) is 126 Å². The number of ketones is 1. The van der Waals surface area contributed by atoms with E-state index in [9.17, 15) is 48.7 Å². The molecule has 0 aliphatic heterocycles. The highest BCUT2D eigenvalue weighted by atomic mass is 32.2. The van der Waals surface area contributed by atoms with Crippen molar-refractivity contribution in [2.24, 2.45) is 4.99 Å². The second-order valence-electron chi connectivity index (χ2n) is 13.2. The van der Waals surface area contributed by atoms with Gasteiger partial charge in [0.25, 0.3) is 20.2 Å². The molecule has 0 saturated carbocycles. The molecule has 0 aromatic heterocycles. The van der Waals surface area contributed by atoms with E-state index in [1.165, 1.54) is 30.3 Å². The Balaban J connectivity index is 1.31. The number of nitrogens with one attached hydrogen (secondary N) is 3. The summed E-state index contributed by atoms with van der Waals surface area (Å²) in [6.07, 6.45) is 3.26. The molecule has 0 atom stereocenters. The van der Waals surface area contributed by atoms with E-state index in [1.807, 2.05) is 24.1 Å². The lowest BCUT2D eigenvalue weighted by Crippen LogP contribution is -2.32. The predicted molar refractivity (Wildman–Crippen MR) is 215 cm³/mol. The summed E-state index contributed by atoms with van der Waals surface area (Å²) in [5.41, 5.74) is 5.26. The number of hydrogen-bond acceptors (Lipinski definition) is 14. The topological polar surface area (TPSA) is 258 Å². The van der Waals surface area contributed by atoms with Crippen molar-refractivity contribution < 1.29 is 39.2 Å². The summed E-state index contributed by atoms with van der Waals surface area (Å²) in [6, 6.07) is 17.1. The Morgan fingerprint density at radius 2 is 1.35 bits per heavy atom. The van der Waals surface area contributed by atoms with Gasteiger partial charge in [0.05, 0.1) is 44.0 Å². The molecule has 3 aromatic rings. The molecule has 2 aliphatic carbocycles. The van der Waals surface area contributed by atoms with Crippen LogP contribution >= 0.6 is 0 Å². The highest BCUT2D eigenvalue weighted by Gasteiger charge is 2.21. The fraction of sp³-hybridized carbons (Fsp3) is 0.237. The van der Waals surface area contributed by atoms with Gasteiger partial charge in [0.2, 0.25) is 0 Å². The van der Waals surface area contributed by atoms with Gasteiger partial charge in [-0.05, 0) is 67.8 Å². The van der Waals surface area contributed by atoms with E-state index in [4.69, 9.17) is 5.41 Å². The summed E-state index contributed by atoms with van der Waals surface area (Å²) in [6.45, 7) is 3.98. The molecule has 0 fully saturated rings. The van der Waals surface area contributed by atoms with Crippen molar-refractivity contribution in [3.8, 4) is 0 Å². The average Bonchev–Trinajstić information content (AvgIpc) is 3.16. The highest BCUT2D eigenvalue weighted by molar-refractivity contribution is 7.94. The lowest BCUT2D eigenvalue weighted by Gasteiger charge is -2.20. The van der Waals surface area contributed by atoms with Crippen LogP contribution in [-0.2, 0) is 34.9 Å². The normalized spacial score (nSPS) is 12.5. The molecule has 2 aliphatic rings. The molecule has 19 heteroatoms. The van der Waals surface area contributed by atoms with Crippen LogP contribution in [0.15, 0.2) is 109 Å². The van der Waals surface area contributed by atoms with Gasteiger partial charge in [0.15, 0.2) is 20.7 Å². The van der Waals surface area contributed by atoms with Crippen LogP contribution in [0.5, 0.6) is 0 Å². The largest absolute Gasteiger partial charge is 0.375 e. The Bertz CT molecular complexity index is 3000. The standard InChI is InChI=1S/C38H39N5O11S3/c1-3-55(47,48)21-9-11-27(44)10-5-4-8-20-43(2)26-17-14-24(15-18-26)41-42-25-16-19-30(32(22-25)56(49,50)51)40-31-23-33(57(52,53)54)36(39)35-34(31)37(45)28-12-6-7-13-29(28)38(35)46/h3,6-7,12-19,22-23,39,41-42H,1,4-5,8-11,20-21H2,2H3,(H,49,50,51)(H,52,53,54). The Labute approximate surface area is 327 Å². The number of anilines is 3. The van der Waals surface area contributed by atoms with Crippen LogP contribution in [0, 0.1) is 15.8 Å². The molecule has 57 heavy (non-hydrogen) atoms. The van der Waals surface area contributed by atoms with Crippen LogP contribution in [0.1, 0.15) is 38.5 Å². The third kappa shape index (κ3) is 10.2. The van der Waals surface area contributed by atoms with Gasteiger partial charge in [0, 0.05) is 48.3 Å². The first-order valence-corrected chi connectivity index (χ1v) is 22.0. The third-order valence-electron chi connectivity index (χ3n) is 9.14. The number of hydrogen-bond donors (Lipinski definition) is 5. The number of carbonyl (C=O) groups excluding carboxylic acids is 1. The van der Waals surface area contributed by atoms with Crippen molar-refractivity contribution in [2.75, 3.05) is 35.1 Å². The smallest absolute Gasteiger partial charge is 0.296 e. The van der Waals surface area contributed by atoms with Crippen LogP contribution in [0.3, 0.4) is 0 Å². The third-order valence-corrected chi connectivity index (χ3v) is 12.3. The zero-order valence-electron chi connectivity index (χ0n) is 30.6. The Morgan fingerprint density at radius 1 is 0.772 bits per heavy atom. The fourth-order valence-electron chi connectivity index (χ4n) is 6.16. The first-order valence-electron chi connectivity index (χ1n) is 17.4. The number of nitrogens with zero attached hydrogens (tertiary/aromatic N) is 2. The molecular formula is C38H39N5O11S3. The first kappa shape index (κ1) is 42.5. The Hall–Kier alpha value is -5.60. The van der Waals surface area contributed by atoms with Gasteiger partial charge in [-0.1, -0.05) is 37.3 Å². The van der Waals surface area contributed by atoms with Gasteiger partial charge in [0.1, 0.15) is 15.6 Å². The molecule has 0 bridgehead atoms. The minimum Gasteiger partial charge on any atom is -0.375 e. The number of fused-ring (bicyclic) bond motifs is 1. The van der Waals surface area contributed by atoms with E-state index < -0.39 is 77.6 Å². The molecule has 0 unspecified atom stereocenters. The molecule has 0 amide bonds. The number of hydrazine groups is 1. The quantitative estimate of drug-likeness (QED) is 0.0479. The second kappa shape index (κ2) is 17.3. The zero-order chi connectivity index (χ0) is 41.7. The van der Waals surface area contributed by atoms with Crippen molar-refractivity contribution in [1.82, 2.24) is 0 Å². The van der Waals surface area contributed by atoms with Crippen LogP contribution < -0.4 is 37.3 Å². The number of carbonyl (C=O) groups is 1. The molecule has 300 valence electrons. The average molecular weight is 838 g/mol. The number of unbranched alkanes of at least 4 members (excludes halogenated alkanes) is 2. The van der Waals surface area contributed by atoms with Crippen molar-refractivity contribution in [2.45, 2.75) is 48.3 Å². The monoisotopic (exact) mass is 837 g/mol. The lowest BCUT2D eigenvalue weighted by atomic mass is 10.0. The fourth-order valence-corrected chi connectivity index (χ4v) is 8.15. The van der Waals surface area contributed by atoms with Crippen LogP contribution in [-0.4, -0.2) is 59.5 Å². The van der Waals surface area contributed by atoms with Crippen molar-refractivity contribution in [1.29, 1.82) is 5.41 Å². The van der Waals surface area contributed by atoms with E-state index in [0.29, 0.717) is 24.6 Å². The molecule has 0 radical (unpaired) electrons. The lowest BCUT2D eigenvalue weighted by molar-refractivity contribution is -0.119. The van der Waals surface area contributed by atoms with Crippen molar-refractivity contribution >= 4 is 69.4 Å². The molecule has 3 aromatic carbocycles. The summed E-state index contributed by atoms with van der Waals surface area (Å²) in [5.74, 6) is -0.0461. The van der Waals surface area contributed by atoms with E-state index >= 15 is 0 Å². The molecule has 0 saturated heterocycles. The van der Waals surface area contributed by atoms with E-state index in [2.05, 4.69) is 22.4 Å². The summed E-state index contributed by atoms with van der Waals surface area (Å²) < 4.78 is 92.6. The second-order valence-corrected chi connectivity index (χ2v) is 18.0. The van der Waals surface area contributed by atoms with Gasteiger partial charge < -0.3 is 15.8 Å². The summed E-state index contributed by atoms with van der Waals surface area (Å²) in [5, 5.41) is 6.56. The predicted octanol–water partition coefficient (Wildman–Crippen LogP) is 3.71. The van der Waals surface area contributed by atoms with Crippen LogP contribution in [0.2, 0.25) is 0 Å². The summed E-state index contributed by atoms with van der Waals surface area (Å²) in [4.78, 5) is 43.5. The Morgan fingerprint density at radius 3 is 1.96 bits per heavy atom. The van der Waals surface area contributed by atoms with E-state index in [-0.39, 0.29) is 40.8 Å². The minimum atomic E-state index is -5.13. The maximum absolute atomic E-state index is 13.6. The van der Waals surface area contributed by atoms with Gasteiger partial charge in [-0.25, -0.2) is 13.4 Å². The molecule has 5 N–H and O–H groups in total. The minimum absolute atomic E-state index is 0.0360. The van der Waals surface area contributed by atoms with Crippen molar-refractivity contribution in [3.63, 3.8) is 0 Å². The van der Waals surface area contributed by atoms with Gasteiger partial charge in [-0.15, -0.1) is 0 Å². The number of Topliss-reactive ketones (excluding diaryl/α,β-unsaturated/α-hetero) is 1. The maximum Gasteiger partial charge on any atom is 0.296 e. The molecule has 0 heterocycles. The van der Waals surface area contributed by atoms with E-state index in [1.54, 1.807) is 12.1 Å². The Kier molecular flexibility index (Phi) is 12.9. The summed E-state index contributed by atoms with van der Waals surface area (Å²) >= 11 is 0. The number of benzene rings is 3. The van der Waals surface area contributed by atoms with E-state index in [0.717, 1.165) is 42.6 Å². The maximum atomic E-state index is 13.6. The highest BCUT2D eigenvalue weighted by Crippen LogP contribution is 2.28. The van der Waals surface area contributed by atoms with Crippen LogP contribution in [0.25, 0.3) is 10.8 Å². The summed E-state index contributed by atoms with van der Waals surface area (Å²) in [7, 11) is -11.5.